The van der Waals surface area contributed by atoms with Gasteiger partial charge in [0.15, 0.2) is 4.80 Å². The number of thiazole rings is 1. The van der Waals surface area contributed by atoms with Crippen LogP contribution in [0.5, 0.6) is 0 Å². The molecule has 0 amide bonds. The van der Waals surface area contributed by atoms with Crippen molar-refractivity contribution in [3.63, 3.8) is 0 Å². The number of carbonyl (C=O) groups excluding carboxylic acids is 1. The minimum absolute atomic E-state index is 0.155. The first-order valence-electron chi connectivity index (χ1n) is 12.5. The van der Waals surface area contributed by atoms with Gasteiger partial charge >= 0.3 is 5.97 Å². The van der Waals surface area contributed by atoms with E-state index in [2.05, 4.69) is 35.0 Å². The molecule has 186 valence electrons. The van der Waals surface area contributed by atoms with E-state index in [1.54, 1.807) is 4.57 Å². The largest absolute Gasteiger partial charge is 0.459 e. The lowest BCUT2D eigenvalue weighted by molar-refractivity contribution is -0.143. The summed E-state index contributed by atoms with van der Waals surface area (Å²) in [6.45, 7) is 9.72. The van der Waals surface area contributed by atoms with Gasteiger partial charge in [-0.15, -0.1) is 0 Å². The third-order valence-electron chi connectivity index (χ3n) is 6.71. The van der Waals surface area contributed by atoms with Crippen molar-refractivity contribution in [2.45, 2.75) is 52.7 Å². The minimum Gasteiger partial charge on any atom is -0.459 e. The molecule has 0 spiro atoms. The van der Waals surface area contributed by atoms with E-state index in [1.165, 1.54) is 29.9 Å². The molecule has 0 N–H and O–H groups in total. The SMILES string of the molecule is CC1=C(C(=O)OC(C)C)C(c2ccccc2)n2c(sc(=Cc3ccc(N4CCCC4)cc3C)c2=O)=N1. The number of hydrogen-bond acceptors (Lipinski definition) is 6. The van der Waals surface area contributed by atoms with Gasteiger partial charge in [0.25, 0.3) is 5.56 Å². The molecule has 2 aliphatic heterocycles. The number of anilines is 1. The van der Waals surface area contributed by atoms with Crippen molar-refractivity contribution in [2.24, 2.45) is 4.99 Å². The van der Waals surface area contributed by atoms with Crippen LogP contribution in [0.2, 0.25) is 0 Å². The van der Waals surface area contributed by atoms with Gasteiger partial charge in [0.1, 0.15) is 0 Å². The summed E-state index contributed by atoms with van der Waals surface area (Å²) in [4.78, 5) is 34.6. The lowest BCUT2D eigenvalue weighted by Crippen LogP contribution is -2.40. The van der Waals surface area contributed by atoms with Crippen molar-refractivity contribution >= 4 is 29.1 Å². The van der Waals surface area contributed by atoms with Crippen molar-refractivity contribution < 1.29 is 9.53 Å². The predicted molar refractivity (Wildman–Crippen MR) is 144 cm³/mol. The number of allylic oxidation sites excluding steroid dienone is 1. The zero-order valence-corrected chi connectivity index (χ0v) is 22.0. The van der Waals surface area contributed by atoms with E-state index in [0.717, 1.165) is 29.8 Å². The Morgan fingerprint density at radius 1 is 1.11 bits per heavy atom. The van der Waals surface area contributed by atoms with Crippen LogP contribution in [-0.2, 0) is 9.53 Å². The standard InChI is InChI=1S/C29H31N3O3S/c1-18(2)35-28(34)25-20(4)30-29-32(26(25)21-10-6-5-7-11-21)27(33)24(36-29)17-22-12-13-23(16-19(22)3)31-14-8-9-15-31/h5-7,10-13,16-18,26H,8-9,14-15H2,1-4H3. The fourth-order valence-corrected chi connectivity index (χ4v) is 5.98. The molecule has 7 heteroatoms. The molecule has 0 radical (unpaired) electrons. The Balaban J connectivity index is 1.62. The van der Waals surface area contributed by atoms with Gasteiger partial charge in [-0.1, -0.05) is 47.7 Å². The van der Waals surface area contributed by atoms with Crippen molar-refractivity contribution in [3.8, 4) is 0 Å². The highest BCUT2D eigenvalue weighted by molar-refractivity contribution is 7.07. The van der Waals surface area contributed by atoms with Crippen LogP contribution in [0.1, 0.15) is 56.3 Å². The highest BCUT2D eigenvalue weighted by Crippen LogP contribution is 2.31. The Morgan fingerprint density at radius 3 is 2.50 bits per heavy atom. The third-order valence-corrected chi connectivity index (χ3v) is 7.69. The Kier molecular flexibility index (Phi) is 6.67. The molecular formula is C29H31N3O3S. The molecule has 1 atom stereocenters. The van der Waals surface area contributed by atoms with Crippen molar-refractivity contribution in [1.29, 1.82) is 0 Å². The van der Waals surface area contributed by atoms with Gasteiger partial charge in [-0.2, -0.15) is 0 Å². The van der Waals surface area contributed by atoms with E-state index in [4.69, 9.17) is 4.74 Å². The third kappa shape index (κ3) is 4.55. The number of benzene rings is 2. The summed E-state index contributed by atoms with van der Waals surface area (Å²) in [6, 6.07) is 15.5. The average molecular weight is 502 g/mol. The molecule has 1 saturated heterocycles. The highest BCUT2D eigenvalue weighted by Gasteiger charge is 2.33. The summed E-state index contributed by atoms with van der Waals surface area (Å²) < 4.78 is 7.80. The van der Waals surface area contributed by atoms with Gasteiger partial charge in [-0.3, -0.25) is 9.36 Å². The molecule has 3 aromatic rings. The predicted octanol–water partition coefficient (Wildman–Crippen LogP) is 4.10. The number of hydrogen-bond donors (Lipinski definition) is 0. The second-order valence-corrected chi connectivity index (χ2v) is 10.7. The number of nitrogens with zero attached hydrogens (tertiary/aromatic N) is 3. The second-order valence-electron chi connectivity index (χ2n) is 9.68. The maximum absolute atomic E-state index is 13.8. The van der Waals surface area contributed by atoms with Crippen LogP contribution >= 0.6 is 11.3 Å². The molecule has 1 fully saturated rings. The normalized spacial score (nSPS) is 18.0. The number of carbonyl (C=O) groups is 1. The Hall–Kier alpha value is -3.45. The molecule has 2 aliphatic rings. The van der Waals surface area contributed by atoms with Crippen LogP contribution in [0.25, 0.3) is 6.08 Å². The summed E-state index contributed by atoms with van der Waals surface area (Å²) in [7, 11) is 0. The van der Waals surface area contributed by atoms with E-state index in [-0.39, 0.29) is 11.7 Å². The van der Waals surface area contributed by atoms with Crippen LogP contribution in [0.15, 0.2) is 69.6 Å². The van der Waals surface area contributed by atoms with Gasteiger partial charge < -0.3 is 9.64 Å². The molecule has 6 nitrogen and oxygen atoms in total. The number of aryl methyl sites for hydroxylation is 1. The Morgan fingerprint density at radius 2 is 1.83 bits per heavy atom. The molecule has 1 unspecified atom stereocenters. The lowest BCUT2D eigenvalue weighted by atomic mass is 9.96. The fraction of sp³-hybridized carbons (Fsp3) is 0.345. The number of ether oxygens (including phenoxy) is 1. The molecule has 2 aromatic carbocycles. The van der Waals surface area contributed by atoms with Crippen LogP contribution in [0.3, 0.4) is 0 Å². The molecule has 0 bridgehead atoms. The van der Waals surface area contributed by atoms with Gasteiger partial charge in [0.2, 0.25) is 0 Å². The molecule has 1 aromatic heterocycles. The van der Waals surface area contributed by atoms with Crippen LogP contribution < -0.4 is 19.8 Å². The molecule has 0 aliphatic carbocycles. The highest BCUT2D eigenvalue weighted by atomic mass is 32.1. The Labute approximate surface area is 214 Å². The topological polar surface area (TPSA) is 63.9 Å². The van der Waals surface area contributed by atoms with Crippen molar-refractivity contribution in [1.82, 2.24) is 4.57 Å². The van der Waals surface area contributed by atoms with Crippen LogP contribution in [0.4, 0.5) is 5.69 Å². The summed E-state index contributed by atoms with van der Waals surface area (Å²) in [6.07, 6.45) is 4.14. The first kappa shape index (κ1) is 24.3. The zero-order valence-electron chi connectivity index (χ0n) is 21.2. The maximum atomic E-state index is 13.8. The molecular weight excluding hydrogens is 470 g/mol. The van der Waals surface area contributed by atoms with E-state index in [9.17, 15) is 9.59 Å². The second kappa shape index (κ2) is 9.90. The molecule has 0 saturated carbocycles. The van der Waals surface area contributed by atoms with Crippen LogP contribution in [0, 0.1) is 6.92 Å². The molecule has 36 heavy (non-hydrogen) atoms. The van der Waals surface area contributed by atoms with E-state index >= 15 is 0 Å². The number of fused-ring (bicyclic) bond motifs is 1. The van der Waals surface area contributed by atoms with Crippen LogP contribution in [-0.4, -0.2) is 29.7 Å². The fourth-order valence-electron chi connectivity index (χ4n) is 4.95. The summed E-state index contributed by atoms with van der Waals surface area (Å²) in [5, 5.41) is 0. The number of rotatable bonds is 5. The number of aromatic nitrogens is 1. The number of esters is 1. The average Bonchev–Trinajstić information content (AvgIpc) is 3.48. The minimum atomic E-state index is -0.588. The Bertz CT molecular complexity index is 1510. The van der Waals surface area contributed by atoms with E-state index < -0.39 is 12.0 Å². The lowest BCUT2D eigenvalue weighted by Gasteiger charge is -2.25. The van der Waals surface area contributed by atoms with E-state index in [1.807, 2.05) is 57.2 Å². The zero-order chi connectivity index (χ0) is 25.4. The smallest absolute Gasteiger partial charge is 0.338 e. The maximum Gasteiger partial charge on any atom is 0.338 e. The summed E-state index contributed by atoms with van der Waals surface area (Å²) >= 11 is 1.36. The van der Waals surface area contributed by atoms with Gasteiger partial charge in [-0.05, 0) is 75.4 Å². The van der Waals surface area contributed by atoms with Gasteiger partial charge in [0.05, 0.1) is 27.9 Å². The van der Waals surface area contributed by atoms with Gasteiger partial charge in [0, 0.05) is 18.8 Å². The first-order valence-corrected chi connectivity index (χ1v) is 13.3. The molecule has 5 rings (SSSR count). The van der Waals surface area contributed by atoms with Gasteiger partial charge in [-0.25, -0.2) is 9.79 Å². The van der Waals surface area contributed by atoms with Crippen molar-refractivity contribution in [3.05, 3.63) is 96.2 Å². The quantitative estimate of drug-likeness (QED) is 0.494. The van der Waals surface area contributed by atoms with Crippen molar-refractivity contribution in [2.75, 3.05) is 18.0 Å². The monoisotopic (exact) mass is 501 g/mol. The first-order chi connectivity index (χ1) is 17.3. The molecule has 3 heterocycles. The summed E-state index contributed by atoms with van der Waals surface area (Å²) in [5.41, 5.74) is 5.04. The summed E-state index contributed by atoms with van der Waals surface area (Å²) in [5.74, 6) is -0.442. The van der Waals surface area contributed by atoms with E-state index in [0.29, 0.717) is 20.6 Å².